The van der Waals surface area contributed by atoms with Gasteiger partial charge in [-0.25, -0.2) is 4.98 Å². The summed E-state index contributed by atoms with van der Waals surface area (Å²) in [5.41, 5.74) is 1.80. The zero-order valence-corrected chi connectivity index (χ0v) is 15.2. The van der Waals surface area contributed by atoms with E-state index >= 15 is 0 Å². The predicted molar refractivity (Wildman–Crippen MR) is 97.6 cm³/mol. The topological polar surface area (TPSA) is 69.7 Å². The first kappa shape index (κ1) is 18.0. The minimum Gasteiger partial charge on any atom is -0.493 e. The number of hydrogen-bond donors (Lipinski definition) is 1. The molecule has 1 aliphatic carbocycles. The van der Waals surface area contributed by atoms with Crippen LogP contribution in [0.2, 0.25) is 0 Å². The number of hydrogen-bond acceptors (Lipinski definition) is 5. The van der Waals surface area contributed by atoms with Crippen molar-refractivity contribution in [3.63, 3.8) is 0 Å². The molecule has 0 unspecified atom stereocenters. The molecule has 0 radical (unpaired) electrons. The van der Waals surface area contributed by atoms with E-state index in [1.165, 1.54) is 12.8 Å². The quantitative estimate of drug-likeness (QED) is 0.748. The van der Waals surface area contributed by atoms with E-state index in [0.29, 0.717) is 29.8 Å². The maximum Gasteiger partial charge on any atom is 0.224 e. The molecule has 0 saturated heterocycles. The molecule has 1 amide bonds. The molecule has 1 aromatic heterocycles. The lowest BCUT2D eigenvalue weighted by molar-refractivity contribution is -0.120. The molecule has 1 fully saturated rings. The van der Waals surface area contributed by atoms with E-state index < -0.39 is 0 Å². The van der Waals surface area contributed by atoms with Crippen LogP contribution in [-0.2, 0) is 17.8 Å². The van der Waals surface area contributed by atoms with Gasteiger partial charge in [-0.1, -0.05) is 12.1 Å². The second kappa shape index (κ2) is 8.56. The molecule has 0 aliphatic heterocycles. The van der Waals surface area contributed by atoms with Crippen molar-refractivity contribution >= 4 is 5.91 Å². The standard InChI is InChI=1S/C20H24N2O4/c1-24-17-7-5-15(9-18(17)25-2)10-19(23)21-11-16-6-8-20(22-12-16)26-13-14-3-4-14/h5-9,12,14H,3-4,10-11,13H2,1-2H3,(H,21,23). The van der Waals surface area contributed by atoms with E-state index in [0.717, 1.165) is 17.7 Å². The number of nitrogens with one attached hydrogen (secondary N) is 1. The van der Waals surface area contributed by atoms with Crippen LogP contribution >= 0.6 is 0 Å². The summed E-state index contributed by atoms with van der Waals surface area (Å²) in [6.45, 7) is 1.18. The van der Waals surface area contributed by atoms with Crippen LogP contribution in [0.5, 0.6) is 17.4 Å². The fraction of sp³-hybridized carbons (Fsp3) is 0.400. The molecule has 6 nitrogen and oxygen atoms in total. The van der Waals surface area contributed by atoms with Gasteiger partial charge in [0.05, 0.1) is 27.2 Å². The highest BCUT2D eigenvalue weighted by molar-refractivity contribution is 5.78. The van der Waals surface area contributed by atoms with E-state index in [1.807, 2.05) is 24.3 Å². The Labute approximate surface area is 153 Å². The number of ether oxygens (including phenoxy) is 3. The molecule has 1 saturated carbocycles. The largest absolute Gasteiger partial charge is 0.493 e. The van der Waals surface area contributed by atoms with Crippen LogP contribution in [0.4, 0.5) is 0 Å². The molecule has 1 N–H and O–H groups in total. The SMILES string of the molecule is COc1ccc(CC(=O)NCc2ccc(OCC3CC3)nc2)cc1OC. The smallest absolute Gasteiger partial charge is 0.224 e. The minimum atomic E-state index is -0.0636. The Morgan fingerprint density at radius 3 is 2.54 bits per heavy atom. The minimum absolute atomic E-state index is 0.0636. The Kier molecular flexibility index (Phi) is 5.94. The molecule has 0 atom stereocenters. The van der Waals surface area contributed by atoms with Crippen molar-refractivity contribution in [2.45, 2.75) is 25.8 Å². The number of pyridine rings is 1. The summed E-state index contributed by atoms with van der Waals surface area (Å²) in [5, 5.41) is 2.90. The third-order valence-corrected chi connectivity index (χ3v) is 4.26. The summed E-state index contributed by atoms with van der Waals surface area (Å²) in [6.07, 6.45) is 4.52. The summed E-state index contributed by atoms with van der Waals surface area (Å²) >= 11 is 0. The van der Waals surface area contributed by atoms with E-state index in [2.05, 4.69) is 10.3 Å². The highest BCUT2D eigenvalue weighted by atomic mass is 16.5. The van der Waals surface area contributed by atoms with Crippen molar-refractivity contribution in [2.75, 3.05) is 20.8 Å². The zero-order chi connectivity index (χ0) is 18.4. The molecule has 6 heteroatoms. The molecule has 1 heterocycles. The van der Waals surface area contributed by atoms with Gasteiger partial charge in [-0.3, -0.25) is 4.79 Å². The first-order valence-corrected chi connectivity index (χ1v) is 8.73. The number of aromatic nitrogens is 1. The van der Waals surface area contributed by atoms with Gasteiger partial charge in [-0.2, -0.15) is 0 Å². The lowest BCUT2D eigenvalue weighted by Crippen LogP contribution is -2.24. The first-order valence-electron chi connectivity index (χ1n) is 8.73. The van der Waals surface area contributed by atoms with Crippen molar-refractivity contribution in [1.82, 2.24) is 10.3 Å². The number of carbonyl (C=O) groups is 1. The number of nitrogens with zero attached hydrogens (tertiary/aromatic N) is 1. The number of rotatable bonds is 9. The number of methoxy groups -OCH3 is 2. The van der Waals surface area contributed by atoms with Crippen LogP contribution < -0.4 is 19.5 Å². The van der Waals surface area contributed by atoms with Gasteiger partial charge in [0.25, 0.3) is 0 Å². The van der Waals surface area contributed by atoms with Gasteiger partial charge in [0.15, 0.2) is 11.5 Å². The third-order valence-electron chi connectivity index (χ3n) is 4.26. The monoisotopic (exact) mass is 356 g/mol. The van der Waals surface area contributed by atoms with E-state index in [1.54, 1.807) is 26.5 Å². The van der Waals surface area contributed by atoms with Crippen molar-refractivity contribution in [3.8, 4) is 17.4 Å². The predicted octanol–water partition coefficient (Wildman–Crippen LogP) is 2.75. The van der Waals surface area contributed by atoms with Crippen LogP contribution in [0, 0.1) is 5.92 Å². The van der Waals surface area contributed by atoms with Gasteiger partial charge in [0, 0.05) is 18.8 Å². The van der Waals surface area contributed by atoms with Crippen molar-refractivity contribution in [3.05, 3.63) is 47.7 Å². The lowest BCUT2D eigenvalue weighted by Gasteiger charge is -2.10. The van der Waals surface area contributed by atoms with Crippen molar-refractivity contribution < 1.29 is 19.0 Å². The molecular formula is C20H24N2O4. The molecule has 0 bridgehead atoms. The van der Waals surface area contributed by atoms with Crippen molar-refractivity contribution in [1.29, 1.82) is 0 Å². The van der Waals surface area contributed by atoms with E-state index in [4.69, 9.17) is 14.2 Å². The number of amides is 1. The van der Waals surface area contributed by atoms with E-state index in [-0.39, 0.29) is 12.3 Å². The molecule has 26 heavy (non-hydrogen) atoms. The molecule has 138 valence electrons. The average molecular weight is 356 g/mol. The molecule has 2 aromatic rings. The second-order valence-corrected chi connectivity index (χ2v) is 6.40. The van der Waals surface area contributed by atoms with E-state index in [9.17, 15) is 4.79 Å². The zero-order valence-electron chi connectivity index (χ0n) is 15.2. The summed E-state index contributed by atoms with van der Waals surface area (Å²) < 4.78 is 16.1. The summed E-state index contributed by atoms with van der Waals surface area (Å²) in [4.78, 5) is 16.4. The molecule has 3 rings (SSSR count). The summed E-state index contributed by atoms with van der Waals surface area (Å²) in [5.74, 6) is 2.53. The highest BCUT2D eigenvalue weighted by Crippen LogP contribution is 2.29. The molecule has 1 aromatic carbocycles. The molecular weight excluding hydrogens is 332 g/mol. The van der Waals surface area contributed by atoms with Gasteiger partial charge in [0.2, 0.25) is 11.8 Å². The average Bonchev–Trinajstić information content (AvgIpc) is 3.50. The normalized spacial score (nSPS) is 13.2. The maximum absolute atomic E-state index is 12.2. The van der Waals surface area contributed by atoms with Gasteiger partial charge in [0.1, 0.15) is 0 Å². The van der Waals surface area contributed by atoms with Crippen molar-refractivity contribution in [2.24, 2.45) is 5.92 Å². The molecule has 1 aliphatic rings. The molecule has 0 spiro atoms. The summed E-state index contributed by atoms with van der Waals surface area (Å²) in [6, 6.07) is 9.23. The van der Waals surface area contributed by atoms with Gasteiger partial charge < -0.3 is 19.5 Å². The Bertz CT molecular complexity index is 742. The highest BCUT2D eigenvalue weighted by Gasteiger charge is 2.22. The van der Waals surface area contributed by atoms with Gasteiger partial charge in [-0.05, 0) is 42.0 Å². The van der Waals surface area contributed by atoms with Crippen LogP contribution in [0.15, 0.2) is 36.5 Å². The Hall–Kier alpha value is -2.76. The Balaban J connectivity index is 1.47. The number of benzene rings is 1. The van der Waals surface area contributed by atoms with Crippen LogP contribution in [0.25, 0.3) is 0 Å². The fourth-order valence-corrected chi connectivity index (χ4v) is 2.53. The first-order chi connectivity index (χ1) is 12.7. The Morgan fingerprint density at radius 1 is 1.12 bits per heavy atom. The second-order valence-electron chi connectivity index (χ2n) is 6.40. The third kappa shape index (κ3) is 5.12. The van der Waals surface area contributed by atoms with Gasteiger partial charge >= 0.3 is 0 Å². The fourth-order valence-electron chi connectivity index (χ4n) is 2.53. The number of carbonyl (C=O) groups excluding carboxylic acids is 1. The maximum atomic E-state index is 12.2. The lowest BCUT2D eigenvalue weighted by atomic mass is 10.1. The summed E-state index contributed by atoms with van der Waals surface area (Å²) in [7, 11) is 3.16. The van der Waals surface area contributed by atoms with Gasteiger partial charge in [-0.15, -0.1) is 0 Å². The van der Waals surface area contributed by atoms with Crippen LogP contribution in [0.1, 0.15) is 24.0 Å². The Morgan fingerprint density at radius 2 is 1.88 bits per heavy atom. The van der Waals surface area contributed by atoms with Crippen LogP contribution in [0.3, 0.4) is 0 Å². The van der Waals surface area contributed by atoms with Crippen LogP contribution in [-0.4, -0.2) is 31.7 Å².